The van der Waals surface area contributed by atoms with E-state index in [1.165, 1.54) is 0 Å². The van der Waals surface area contributed by atoms with E-state index in [0.717, 1.165) is 36.6 Å². The summed E-state index contributed by atoms with van der Waals surface area (Å²) in [5, 5.41) is 9.54. The zero-order valence-electron chi connectivity index (χ0n) is 13.7. The molecule has 1 aromatic rings. The normalized spacial score (nSPS) is 22.0. The molecule has 5 nitrogen and oxygen atoms in total. The Morgan fingerprint density at radius 1 is 1.18 bits per heavy atom. The summed E-state index contributed by atoms with van der Waals surface area (Å²) in [4.78, 5) is 2.26. The second kappa shape index (κ2) is 8.36. The molecule has 0 aliphatic carbocycles. The molecule has 0 spiro atoms. The first-order chi connectivity index (χ1) is 10.7. The lowest BCUT2D eigenvalue weighted by atomic mass is 10.1. The van der Waals surface area contributed by atoms with Crippen LogP contribution in [0.4, 0.5) is 0 Å². The smallest absolute Gasteiger partial charge is 0.161 e. The van der Waals surface area contributed by atoms with Gasteiger partial charge in [-0.15, -0.1) is 0 Å². The van der Waals surface area contributed by atoms with E-state index >= 15 is 0 Å². The van der Waals surface area contributed by atoms with Gasteiger partial charge in [0, 0.05) is 26.2 Å². The summed E-state index contributed by atoms with van der Waals surface area (Å²) in [6.07, 6.45) is 1.08. The molecule has 1 aromatic carbocycles. The third-order valence-corrected chi connectivity index (χ3v) is 4.03. The summed E-state index contributed by atoms with van der Waals surface area (Å²) in [5.74, 6) is 1.56. The Bertz CT molecular complexity index is 466. The first kappa shape index (κ1) is 17.1. The van der Waals surface area contributed by atoms with Crippen LogP contribution in [0.5, 0.6) is 11.5 Å². The van der Waals surface area contributed by atoms with E-state index < -0.39 is 0 Å². The molecule has 22 heavy (non-hydrogen) atoms. The summed E-state index contributed by atoms with van der Waals surface area (Å²) in [7, 11) is 1.73. The minimum absolute atomic E-state index is 0.159. The molecule has 1 heterocycles. The van der Waals surface area contributed by atoms with Crippen molar-refractivity contribution in [3.8, 4) is 11.5 Å². The molecule has 1 N–H and O–H groups in total. The maximum Gasteiger partial charge on any atom is 0.161 e. The Hall–Kier alpha value is -1.30. The van der Waals surface area contributed by atoms with Gasteiger partial charge in [-0.1, -0.05) is 6.07 Å². The quantitative estimate of drug-likeness (QED) is 0.796. The molecule has 0 unspecified atom stereocenters. The van der Waals surface area contributed by atoms with Crippen LogP contribution < -0.4 is 9.47 Å². The maximum atomic E-state index is 9.54. The number of benzene rings is 1. The van der Waals surface area contributed by atoms with Crippen LogP contribution in [-0.2, 0) is 11.3 Å². The monoisotopic (exact) mass is 309 g/mol. The molecule has 0 radical (unpaired) electrons. The van der Waals surface area contributed by atoms with Crippen molar-refractivity contribution < 1.29 is 19.3 Å². The second-order valence-electron chi connectivity index (χ2n) is 5.51. The fourth-order valence-electron chi connectivity index (χ4n) is 2.92. The van der Waals surface area contributed by atoms with Crippen molar-refractivity contribution >= 4 is 0 Å². The van der Waals surface area contributed by atoms with Gasteiger partial charge in [0.2, 0.25) is 0 Å². The molecule has 5 heteroatoms. The van der Waals surface area contributed by atoms with Crippen LogP contribution in [0.1, 0.15) is 25.8 Å². The van der Waals surface area contributed by atoms with E-state index in [2.05, 4.69) is 11.0 Å². The maximum absolute atomic E-state index is 9.54. The molecule has 0 saturated carbocycles. The van der Waals surface area contributed by atoms with Gasteiger partial charge in [0.25, 0.3) is 0 Å². The van der Waals surface area contributed by atoms with Crippen molar-refractivity contribution in [1.29, 1.82) is 0 Å². The van der Waals surface area contributed by atoms with Crippen LogP contribution in [0, 0.1) is 0 Å². The van der Waals surface area contributed by atoms with Gasteiger partial charge >= 0.3 is 0 Å². The van der Waals surface area contributed by atoms with Gasteiger partial charge in [-0.2, -0.15) is 0 Å². The van der Waals surface area contributed by atoms with E-state index in [4.69, 9.17) is 14.2 Å². The zero-order chi connectivity index (χ0) is 15.9. The summed E-state index contributed by atoms with van der Waals surface area (Å²) in [6, 6.07) is 6.21. The molecule has 0 bridgehead atoms. The highest BCUT2D eigenvalue weighted by Crippen LogP contribution is 2.30. The van der Waals surface area contributed by atoms with Crippen LogP contribution in [0.2, 0.25) is 0 Å². The molecule has 1 aliphatic heterocycles. The molecule has 1 saturated heterocycles. The third kappa shape index (κ3) is 4.12. The Morgan fingerprint density at radius 2 is 1.91 bits per heavy atom. The molecular weight excluding hydrogens is 282 g/mol. The van der Waals surface area contributed by atoms with Crippen molar-refractivity contribution in [2.24, 2.45) is 0 Å². The molecule has 1 fully saturated rings. The number of aliphatic hydroxyl groups excluding tert-OH is 1. The summed E-state index contributed by atoms with van der Waals surface area (Å²) in [6.45, 7) is 6.94. The number of rotatable bonds is 8. The number of aliphatic hydroxyl groups is 1. The first-order valence-corrected chi connectivity index (χ1v) is 7.98. The van der Waals surface area contributed by atoms with Crippen molar-refractivity contribution in [3.63, 3.8) is 0 Å². The molecule has 2 rings (SSSR count). The average Bonchev–Trinajstić information content (AvgIpc) is 2.92. The fourth-order valence-corrected chi connectivity index (χ4v) is 2.92. The van der Waals surface area contributed by atoms with E-state index in [0.29, 0.717) is 13.2 Å². The lowest BCUT2D eigenvalue weighted by molar-refractivity contribution is 0.107. The number of nitrogens with zero attached hydrogens (tertiary/aromatic N) is 1. The molecule has 0 amide bonds. The lowest BCUT2D eigenvalue weighted by Gasteiger charge is -2.23. The Labute approximate surface area is 132 Å². The Morgan fingerprint density at radius 3 is 2.55 bits per heavy atom. The summed E-state index contributed by atoms with van der Waals surface area (Å²) in [5.41, 5.74) is 1.15. The van der Waals surface area contributed by atoms with E-state index in [1.807, 2.05) is 26.0 Å². The third-order valence-electron chi connectivity index (χ3n) is 4.03. The van der Waals surface area contributed by atoms with Gasteiger partial charge < -0.3 is 19.3 Å². The molecule has 0 aromatic heterocycles. The molecule has 2 atom stereocenters. The van der Waals surface area contributed by atoms with Gasteiger partial charge in [0.05, 0.1) is 25.9 Å². The molecular formula is C17H27NO4. The van der Waals surface area contributed by atoms with E-state index in [-0.39, 0.29) is 18.8 Å². The highest BCUT2D eigenvalue weighted by atomic mass is 16.5. The highest BCUT2D eigenvalue weighted by Gasteiger charge is 2.31. The van der Waals surface area contributed by atoms with Crippen molar-refractivity contribution in [3.05, 3.63) is 23.8 Å². The summed E-state index contributed by atoms with van der Waals surface area (Å²) < 4.78 is 16.7. The Balaban J connectivity index is 2.10. The predicted molar refractivity (Wildman–Crippen MR) is 85.5 cm³/mol. The minimum Gasteiger partial charge on any atom is -0.490 e. The minimum atomic E-state index is 0.159. The number of ether oxygens (including phenoxy) is 3. The molecule has 1 aliphatic rings. The number of hydrogen-bond donors (Lipinski definition) is 1. The fraction of sp³-hybridized carbons (Fsp3) is 0.647. The number of methoxy groups -OCH3 is 1. The zero-order valence-corrected chi connectivity index (χ0v) is 13.7. The molecule has 124 valence electrons. The van der Waals surface area contributed by atoms with Gasteiger partial charge in [0.1, 0.15) is 0 Å². The van der Waals surface area contributed by atoms with Crippen molar-refractivity contribution in [2.75, 3.05) is 33.5 Å². The van der Waals surface area contributed by atoms with Crippen LogP contribution in [-0.4, -0.2) is 55.6 Å². The number of likely N-dealkylation sites (tertiary alicyclic amines) is 1. The van der Waals surface area contributed by atoms with Gasteiger partial charge in [-0.25, -0.2) is 0 Å². The van der Waals surface area contributed by atoms with Crippen LogP contribution in [0.3, 0.4) is 0 Å². The average molecular weight is 309 g/mol. The van der Waals surface area contributed by atoms with Gasteiger partial charge in [0.15, 0.2) is 11.5 Å². The standard InChI is InChI=1S/C17H27NO4/c1-4-21-16-7-6-13(8-17(16)22-5-2)10-18-11-15(20-3)9-14(18)12-19/h6-8,14-15,19H,4-5,9-12H2,1-3H3/t14-,15-/m0/s1. The van der Waals surface area contributed by atoms with Gasteiger partial charge in [-0.05, 0) is 38.0 Å². The summed E-state index contributed by atoms with van der Waals surface area (Å²) >= 11 is 0. The Kier molecular flexibility index (Phi) is 6.49. The first-order valence-electron chi connectivity index (χ1n) is 7.98. The van der Waals surface area contributed by atoms with Crippen LogP contribution >= 0.6 is 0 Å². The SMILES string of the molecule is CCOc1ccc(CN2C[C@@H](OC)C[C@H]2CO)cc1OCC. The van der Waals surface area contributed by atoms with Gasteiger partial charge in [-0.3, -0.25) is 4.90 Å². The van der Waals surface area contributed by atoms with E-state index in [9.17, 15) is 5.11 Å². The van der Waals surface area contributed by atoms with Crippen LogP contribution in [0.15, 0.2) is 18.2 Å². The predicted octanol–water partition coefficient (Wildman–Crippen LogP) is 2.07. The number of hydrogen-bond acceptors (Lipinski definition) is 5. The van der Waals surface area contributed by atoms with Crippen molar-refractivity contribution in [1.82, 2.24) is 4.90 Å². The highest BCUT2D eigenvalue weighted by molar-refractivity contribution is 5.43. The topological polar surface area (TPSA) is 51.2 Å². The van der Waals surface area contributed by atoms with Crippen LogP contribution in [0.25, 0.3) is 0 Å². The lowest BCUT2D eigenvalue weighted by Crippen LogP contribution is -2.31. The second-order valence-corrected chi connectivity index (χ2v) is 5.51. The van der Waals surface area contributed by atoms with Crippen molar-refractivity contribution in [2.45, 2.75) is 39.0 Å². The van der Waals surface area contributed by atoms with E-state index in [1.54, 1.807) is 7.11 Å². The largest absolute Gasteiger partial charge is 0.490 e.